The molecule has 19 heavy (non-hydrogen) atoms. The first-order chi connectivity index (χ1) is 9.25. The third-order valence-electron chi connectivity index (χ3n) is 3.99. The lowest BCUT2D eigenvalue weighted by atomic mass is 9.90. The lowest BCUT2D eigenvalue weighted by Gasteiger charge is -2.25. The van der Waals surface area contributed by atoms with Crippen LogP contribution in [0.25, 0.3) is 32.3 Å². The minimum Gasteiger partial charge on any atom is -0.504 e. The molecule has 0 saturated carbocycles. The SMILES string of the molecule is Oc1c(O)c2ccc3cccc4cc5c(c1O5)c2c34. The predicted molar refractivity (Wildman–Crippen MR) is 73.5 cm³/mol. The Kier molecular flexibility index (Phi) is 1.30. The molecule has 0 aliphatic carbocycles. The number of benzene rings is 4. The van der Waals surface area contributed by atoms with E-state index in [1.807, 2.05) is 36.4 Å². The normalized spacial score (nSPS) is 13.1. The third kappa shape index (κ3) is 0.857. The molecule has 5 rings (SSSR count). The van der Waals surface area contributed by atoms with E-state index in [0.29, 0.717) is 11.1 Å². The van der Waals surface area contributed by atoms with Crippen LogP contribution in [0.3, 0.4) is 0 Å². The molecule has 1 heterocycles. The summed E-state index contributed by atoms with van der Waals surface area (Å²) in [5, 5.41) is 25.9. The van der Waals surface area contributed by atoms with Gasteiger partial charge in [-0.1, -0.05) is 24.3 Å². The van der Waals surface area contributed by atoms with Crippen molar-refractivity contribution in [2.24, 2.45) is 0 Å². The summed E-state index contributed by atoms with van der Waals surface area (Å²) in [5.41, 5.74) is 0. The summed E-state index contributed by atoms with van der Waals surface area (Å²) in [7, 11) is 0. The van der Waals surface area contributed by atoms with E-state index < -0.39 is 0 Å². The Morgan fingerprint density at radius 2 is 1.63 bits per heavy atom. The van der Waals surface area contributed by atoms with Crippen LogP contribution in [0, 0.1) is 0 Å². The van der Waals surface area contributed by atoms with Gasteiger partial charge < -0.3 is 14.9 Å². The van der Waals surface area contributed by atoms with Crippen molar-refractivity contribution in [2.45, 2.75) is 0 Å². The van der Waals surface area contributed by atoms with Gasteiger partial charge in [0.2, 0.25) is 5.75 Å². The summed E-state index contributed by atoms with van der Waals surface area (Å²) >= 11 is 0. The number of hydrogen-bond donors (Lipinski definition) is 2. The minimum absolute atomic E-state index is 0.105. The first-order valence-corrected chi connectivity index (χ1v) is 6.09. The van der Waals surface area contributed by atoms with Gasteiger partial charge in [0.15, 0.2) is 11.5 Å². The Balaban J connectivity index is 2.26. The van der Waals surface area contributed by atoms with E-state index in [9.17, 15) is 10.2 Å². The molecule has 0 saturated heterocycles. The molecular formula is C16H8O3. The van der Waals surface area contributed by atoms with E-state index in [1.54, 1.807) is 0 Å². The molecule has 2 N–H and O–H groups in total. The van der Waals surface area contributed by atoms with Gasteiger partial charge in [0.05, 0.1) is 5.39 Å². The van der Waals surface area contributed by atoms with Crippen LogP contribution in [0.5, 0.6) is 23.0 Å². The van der Waals surface area contributed by atoms with E-state index in [-0.39, 0.29) is 11.5 Å². The molecule has 3 nitrogen and oxygen atoms in total. The Morgan fingerprint density at radius 1 is 0.789 bits per heavy atom. The molecule has 1 aliphatic heterocycles. The van der Waals surface area contributed by atoms with Crippen LogP contribution in [0.1, 0.15) is 0 Å². The highest BCUT2D eigenvalue weighted by molar-refractivity contribution is 6.29. The highest BCUT2D eigenvalue weighted by atomic mass is 16.5. The fourth-order valence-electron chi connectivity index (χ4n) is 3.14. The highest BCUT2D eigenvalue weighted by Gasteiger charge is 2.30. The van der Waals surface area contributed by atoms with Gasteiger partial charge in [0.25, 0.3) is 0 Å². The van der Waals surface area contributed by atoms with Crippen molar-refractivity contribution < 1.29 is 14.9 Å². The van der Waals surface area contributed by atoms with Crippen LogP contribution < -0.4 is 4.74 Å². The van der Waals surface area contributed by atoms with E-state index in [1.165, 1.54) is 0 Å². The molecule has 0 radical (unpaired) electrons. The molecule has 0 aromatic heterocycles. The molecule has 90 valence electrons. The highest BCUT2D eigenvalue weighted by Crippen LogP contribution is 2.59. The third-order valence-corrected chi connectivity index (χ3v) is 3.99. The molecule has 3 heteroatoms. The van der Waals surface area contributed by atoms with Crippen molar-refractivity contribution in [1.29, 1.82) is 0 Å². The van der Waals surface area contributed by atoms with Gasteiger partial charge >= 0.3 is 0 Å². The van der Waals surface area contributed by atoms with Crippen molar-refractivity contribution in [3.8, 4) is 23.0 Å². The monoisotopic (exact) mass is 248 g/mol. The molecule has 0 fully saturated rings. The maximum atomic E-state index is 10.1. The predicted octanol–water partition coefficient (Wildman–Crippen LogP) is 4.10. The van der Waals surface area contributed by atoms with Gasteiger partial charge in [-0.25, -0.2) is 0 Å². The Bertz CT molecular complexity index is 983. The summed E-state index contributed by atoms with van der Waals surface area (Å²) < 4.78 is 5.48. The average Bonchev–Trinajstić information content (AvgIpc) is 2.40. The zero-order valence-electron chi connectivity index (χ0n) is 9.77. The molecule has 4 aromatic rings. The van der Waals surface area contributed by atoms with Gasteiger partial charge in [-0.15, -0.1) is 0 Å². The van der Waals surface area contributed by atoms with Crippen LogP contribution >= 0.6 is 0 Å². The fraction of sp³-hybridized carbons (Fsp3) is 0. The molecule has 0 amide bonds. The van der Waals surface area contributed by atoms with E-state index in [0.717, 1.165) is 32.7 Å². The van der Waals surface area contributed by atoms with Gasteiger partial charge in [0, 0.05) is 10.8 Å². The second-order valence-electron chi connectivity index (χ2n) is 4.95. The van der Waals surface area contributed by atoms with Crippen LogP contribution in [0.15, 0.2) is 36.4 Å². The maximum Gasteiger partial charge on any atom is 0.202 e. The van der Waals surface area contributed by atoms with Crippen LogP contribution in [-0.4, -0.2) is 10.2 Å². The summed E-state index contributed by atoms with van der Waals surface area (Å²) in [4.78, 5) is 0. The number of phenols is 2. The quantitative estimate of drug-likeness (QED) is 0.320. The zero-order valence-corrected chi connectivity index (χ0v) is 9.77. The minimum atomic E-state index is -0.168. The second-order valence-corrected chi connectivity index (χ2v) is 4.95. The van der Waals surface area contributed by atoms with Gasteiger partial charge in [0.1, 0.15) is 5.75 Å². The van der Waals surface area contributed by atoms with Gasteiger partial charge in [-0.3, -0.25) is 0 Å². The number of aromatic hydroxyl groups is 2. The summed E-state index contributed by atoms with van der Waals surface area (Å²) in [5.74, 6) is 0.879. The summed E-state index contributed by atoms with van der Waals surface area (Å²) in [6.07, 6.45) is 0. The lowest BCUT2D eigenvalue weighted by molar-refractivity contribution is 0.369. The second kappa shape index (κ2) is 2.67. The number of phenolic OH excluding ortho intramolecular Hbond substituents is 2. The lowest BCUT2D eigenvalue weighted by Crippen LogP contribution is -2.00. The molecule has 0 bridgehead atoms. The average molecular weight is 248 g/mol. The maximum absolute atomic E-state index is 10.1. The molecule has 0 atom stereocenters. The summed E-state index contributed by atoms with van der Waals surface area (Å²) in [6.45, 7) is 0. The van der Waals surface area contributed by atoms with Crippen molar-refractivity contribution in [2.75, 3.05) is 0 Å². The molecule has 1 aliphatic rings. The Hall–Kier alpha value is -2.68. The molecular weight excluding hydrogens is 240 g/mol. The fourth-order valence-corrected chi connectivity index (χ4v) is 3.14. The van der Waals surface area contributed by atoms with E-state index in [4.69, 9.17) is 4.74 Å². The first-order valence-electron chi connectivity index (χ1n) is 6.09. The topological polar surface area (TPSA) is 49.7 Å². The van der Waals surface area contributed by atoms with Crippen molar-refractivity contribution >= 4 is 32.3 Å². The molecule has 0 unspecified atom stereocenters. The van der Waals surface area contributed by atoms with Crippen LogP contribution in [-0.2, 0) is 0 Å². The van der Waals surface area contributed by atoms with E-state index >= 15 is 0 Å². The Morgan fingerprint density at radius 3 is 2.53 bits per heavy atom. The first kappa shape index (κ1) is 9.28. The Labute approximate surface area is 107 Å². The zero-order chi connectivity index (χ0) is 12.7. The standard InChI is InChI=1S/C16H8O3/c17-14-9-5-4-7-2-1-3-8-6-10-13(12(9)11(7)8)16(19-10)15(14)18/h1-6,17-18H. The van der Waals surface area contributed by atoms with Crippen molar-refractivity contribution in [1.82, 2.24) is 0 Å². The van der Waals surface area contributed by atoms with Gasteiger partial charge in [-0.2, -0.15) is 0 Å². The molecule has 4 aromatic carbocycles. The summed E-state index contributed by atoms with van der Waals surface area (Å²) in [6, 6.07) is 11.9. The van der Waals surface area contributed by atoms with Crippen molar-refractivity contribution in [3.63, 3.8) is 0 Å². The molecule has 0 spiro atoms. The van der Waals surface area contributed by atoms with Gasteiger partial charge in [-0.05, 0) is 28.3 Å². The van der Waals surface area contributed by atoms with Crippen LogP contribution in [0.2, 0.25) is 0 Å². The number of ether oxygens (including phenoxy) is 1. The van der Waals surface area contributed by atoms with Crippen molar-refractivity contribution in [3.05, 3.63) is 36.4 Å². The smallest absolute Gasteiger partial charge is 0.202 e. The number of rotatable bonds is 0. The van der Waals surface area contributed by atoms with Crippen LogP contribution in [0.4, 0.5) is 0 Å². The van der Waals surface area contributed by atoms with E-state index in [2.05, 4.69) is 0 Å². The largest absolute Gasteiger partial charge is 0.504 e. The number of hydrogen-bond acceptors (Lipinski definition) is 3.